The molecule has 0 aliphatic carbocycles. The number of nitrogens with one attached hydrogen (secondary N) is 2. The zero-order valence-electron chi connectivity index (χ0n) is 13.0. The first kappa shape index (κ1) is 17.1. The summed E-state index contributed by atoms with van der Waals surface area (Å²) in [5.74, 6) is -0.712. The number of nitrogens with zero attached hydrogens (tertiary/aromatic N) is 2. The monoisotopic (exact) mass is 328 g/mol. The molecule has 1 heterocycles. The average molecular weight is 328 g/mol. The van der Waals surface area contributed by atoms with Crippen molar-refractivity contribution in [2.75, 3.05) is 13.1 Å². The largest absolute Gasteiger partial charge is 0.350 e. The normalized spacial score (nSPS) is 10.0. The summed E-state index contributed by atoms with van der Waals surface area (Å²) >= 11 is 0. The first-order valence-corrected chi connectivity index (χ1v) is 7.21. The van der Waals surface area contributed by atoms with E-state index in [1.165, 1.54) is 31.3 Å². The van der Waals surface area contributed by atoms with Gasteiger partial charge >= 0.3 is 0 Å². The van der Waals surface area contributed by atoms with Crippen LogP contribution in [0.1, 0.15) is 26.3 Å². The van der Waals surface area contributed by atoms with Crippen LogP contribution in [0.2, 0.25) is 0 Å². The van der Waals surface area contributed by atoms with Crippen molar-refractivity contribution >= 4 is 17.5 Å². The predicted octanol–water partition coefficient (Wildman–Crippen LogP) is 1.46. The summed E-state index contributed by atoms with van der Waals surface area (Å²) in [5, 5.41) is 16.2. The second kappa shape index (κ2) is 7.82. The van der Waals surface area contributed by atoms with Crippen LogP contribution >= 0.6 is 0 Å². The Morgan fingerprint density at radius 2 is 1.83 bits per heavy atom. The number of hydrogen-bond acceptors (Lipinski definition) is 5. The summed E-state index contributed by atoms with van der Waals surface area (Å²) < 4.78 is 0. The van der Waals surface area contributed by atoms with E-state index in [0.717, 1.165) is 0 Å². The number of nitro groups is 1. The van der Waals surface area contributed by atoms with Crippen molar-refractivity contribution in [3.63, 3.8) is 0 Å². The maximum atomic E-state index is 12.1. The van der Waals surface area contributed by atoms with Gasteiger partial charge in [-0.1, -0.05) is 6.07 Å². The lowest BCUT2D eigenvalue weighted by atomic mass is 10.1. The Morgan fingerprint density at radius 3 is 2.46 bits per heavy atom. The molecule has 0 unspecified atom stereocenters. The smallest absolute Gasteiger partial charge is 0.273 e. The fourth-order valence-corrected chi connectivity index (χ4v) is 2.11. The van der Waals surface area contributed by atoms with Gasteiger partial charge in [0.1, 0.15) is 0 Å². The molecular weight excluding hydrogens is 312 g/mol. The third-order valence-electron chi connectivity index (χ3n) is 3.37. The van der Waals surface area contributed by atoms with Crippen LogP contribution in [0.4, 0.5) is 5.69 Å². The van der Waals surface area contributed by atoms with Gasteiger partial charge in [-0.05, 0) is 25.1 Å². The van der Waals surface area contributed by atoms with Gasteiger partial charge in [0, 0.05) is 42.7 Å². The summed E-state index contributed by atoms with van der Waals surface area (Å²) in [6.07, 6.45) is 3.01. The van der Waals surface area contributed by atoms with E-state index < -0.39 is 10.8 Å². The lowest BCUT2D eigenvalue weighted by Crippen LogP contribution is -2.35. The Balaban J connectivity index is 1.87. The number of nitro benzene ring substituents is 1. The highest BCUT2D eigenvalue weighted by Gasteiger charge is 2.17. The highest BCUT2D eigenvalue weighted by Crippen LogP contribution is 2.20. The molecule has 1 aromatic heterocycles. The van der Waals surface area contributed by atoms with Gasteiger partial charge in [-0.15, -0.1) is 0 Å². The summed E-state index contributed by atoms with van der Waals surface area (Å²) in [4.78, 5) is 38.1. The standard InChI is InChI=1S/C16H16N4O4/c1-11-13(5-2-6-14(11)20(23)24)16(22)19-9-8-18-15(21)12-4-3-7-17-10-12/h2-7,10H,8-9H2,1H3,(H,18,21)(H,19,22). The third kappa shape index (κ3) is 4.13. The topological polar surface area (TPSA) is 114 Å². The Bertz CT molecular complexity index is 762. The fraction of sp³-hybridized carbons (Fsp3) is 0.188. The maximum absolute atomic E-state index is 12.1. The van der Waals surface area contributed by atoms with E-state index in [-0.39, 0.29) is 30.2 Å². The van der Waals surface area contributed by atoms with E-state index in [2.05, 4.69) is 15.6 Å². The molecule has 1 aromatic carbocycles. The van der Waals surface area contributed by atoms with E-state index >= 15 is 0 Å². The van der Waals surface area contributed by atoms with Crippen molar-refractivity contribution in [2.45, 2.75) is 6.92 Å². The minimum absolute atomic E-state index is 0.104. The van der Waals surface area contributed by atoms with Crippen LogP contribution in [0.3, 0.4) is 0 Å². The van der Waals surface area contributed by atoms with Gasteiger partial charge in [0.15, 0.2) is 0 Å². The summed E-state index contributed by atoms with van der Waals surface area (Å²) in [7, 11) is 0. The molecule has 0 aliphatic heterocycles. The molecule has 0 spiro atoms. The second-order valence-corrected chi connectivity index (χ2v) is 4.96. The van der Waals surface area contributed by atoms with Crippen LogP contribution in [0.25, 0.3) is 0 Å². The minimum Gasteiger partial charge on any atom is -0.350 e. The van der Waals surface area contributed by atoms with E-state index in [1.54, 1.807) is 18.3 Å². The number of carbonyl (C=O) groups is 2. The molecule has 0 fully saturated rings. The van der Waals surface area contributed by atoms with Gasteiger partial charge in [0.05, 0.1) is 10.5 Å². The number of carbonyl (C=O) groups excluding carboxylic acids is 2. The molecular formula is C16H16N4O4. The van der Waals surface area contributed by atoms with Crippen molar-refractivity contribution < 1.29 is 14.5 Å². The fourth-order valence-electron chi connectivity index (χ4n) is 2.11. The van der Waals surface area contributed by atoms with Gasteiger partial charge in [-0.3, -0.25) is 24.7 Å². The minimum atomic E-state index is -0.528. The molecule has 8 nitrogen and oxygen atoms in total. The molecule has 2 rings (SSSR count). The molecule has 0 atom stereocenters. The molecule has 2 N–H and O–H groups in total. The molecule has 2 aromatic rings. The molecule has 0 bridgehead atoms. The van der Waals surface area contributed by atoms with Crippen LogP contribution in [-0.4, -0.2) is 34.8 Å². The molecule has 2 amide bonds. The number of benzene rings is 1. The number of rotatable bonds is 6. The lowest BCUT2D eigenvalue weighted by Gasteiger charge is -2.09. The third-order valence-corrected chi connectivity index (χ3v) is 3.37. The number of amides is 2. The van der Waals surface area contributed by atoms with Gasteiger partial charge < -0.3 is 10.6 Å². The quantitative estimate of drug-likeness (QED) is 0.473. The van der Waals surface area contributed by atoms with Crippen LogP contribution in [0.15, 0.2) is 42.7 Å². The maximum Gasteiger partial charge on any atom is 0.273 e. The first-order chi connectivity index (χ1) is 11.5. The zero-order valence-corrected chi connectivity index (χ0v) is 13.0. The summed E-state index contributed by atoms with van der Waals surface area (Å²) in [5.41, 5.74) is 0.869. The van der Waals surface area contributed by atoms with Gasteiger partial charge in [0.25, 0.3) is 17.5 Å². The summed E-state index contributed by atoms with van der Waals surface area (Å²) in [6, 6.07) is 7.62. The Kier molecular flexibility index (Phi) is 5.56. The first-order valence-electron chi connectivity index (χ1n) is 7.21. The van der Waals surface area contributed by atoms with Crippen molar-refractivity contribution in [3.05, 3.63) is 69.5 Å². The molecule has 0 saturated carbocycles. The van der Waals surface area contributed by atoms with E-state index in [1.807, 2.05) is 0 Å². The number of aromatic nitrogens is 1. The van der Waals surface area contributed by atoms with Gasteiger partial charge in [-0.2, -0.15) is 0 Å². The zero-order chi connectivity index (χ0) is 17.5. The van der Waals surface area contributed by atoms with Crippen molar-refractivity contribution in [3.8, 4) is 0 Å². The lowest BCUT2D eigenvalue weighted by molar-refractivity contribution is -0.385. The Morgan fingerprint density at radius 1 is 1.12 bits per heavy atom. The predicted molar refractivity (Wildman–Crippen MR) is 86.7 cm³/mol. The van der Waals surface area contributed by atoms with Crippen LogP contribution < -0.4 is 10.6 Å². The summed E-state index contributed by atoms with van der Waals surface area (Å²) in [6.45, 7) is 1.96. The number of hydrogen-bond donors (Lipinski definition) is 2. The average Bonchev–Trinajstić information content (AvgIpc) is 2.59. The van der Waals surface area contributed by atoms with Crippen molar-refractivity contribution in [1.82, 2.24) is 15.6 Å². The van der Waals surface area contributed by atoms with Gasteiger partial charge in [0.2, 0.25) is 0 Å². The van der Waals surface area contributed by atoms with Crippen LogP contribution in [-0.2, 0) is 0 Å². The van der Waals surface area contributed by atoms with E-state index in [4.69, 9.17) is 0 Å². The second-order valence-electron chi connectivity index (χ2n) is 4.96. The Labute approximate surface area is 138 Å². The number of pyridine rings is 1. The van der Waals surface area contributed by atoms with E-state index in [0.29, 0.717) is 11.1 Å². The Hall–Kier alpha value is -3.29. The molecule has 24 heavy (non-hydrogen) atoms. The molecule has 0 radical (unpaired) electrons. The van der Waals surface area contributed by atoms with Crippen molar-refractivity contribution in [1.29, 1.82) is 0 Å². The van der Waals surface area contributed by atoms with Gasteiger partial charge in [-0.25, -0.2) is 0 Å². The van der Waals surface area contributed by atoms with Crippen LogP contribution in [0, 0.1) is 17.0 Å². The molecule has 8 heteroatoms. The van der Waals surface area contributed by atoms with Crippen molar-refractivity contribution in [2.24, 2.45) is 0 Å². The van der Waals surface area contributed by atoms with Crippen LogP contribution in [0.5, 0.6) is 0 Å². The molecule has 124 valence electrons. The van der Waals surface area contributed by atoms with E-state index in [9.17, 15) is 19.7 Å². The SMILES string of the molecule is Cc1c(C(=O)NCCNC(=O)c2cccnc2)cccc1[N+](=O)[O-]. The molecule has 0 saturated heterocycles. The highest BCUT2D eigenvalue weighted by atomic mass is 16.6. The molecule has 0 aliphatic rings. The highest BCUT2D eigenvalue weighted by molar-refractivity contribution is 5.96.